The molecule has 8 aromatic rings. The number of hydrogen-bond acceptors (Lipinski definition) is 3. The number of rotatable bonds is 5. The summed E-state index contributed by atoms with van der Waals surface area (Å²) in [5.74, 6) is 0. The Morgan fingerprint density at radius 1 is 0.583 bits per heavy atom. The second-order valence-electron chi connectivity index (χ2n) is 12.1. The SMILES string of the molecule is C=C(/N=C(\C)c1cc(C#N)ccc1-n1c2ccccc2c2ccc(-n3c4ccccc4c4ccccc43)cc21)c1cc(C#N)ccc1C. The maximum absolute atomic E-state index is 9.93. The number of benzene rings is 6. The van der Waals surface area contributed by atoms with Crippen molar-refractivity contribution in [3.8, 4) is 23.5 Å². The highest BCUT2D eigenvalue weighted by molar-refractivity contribution is 6.13. The third-order valence-corrected chi connectivity index (χ3v) is 9.23. The molecular formula is C43H29N5. The number of hydrogen-bond donors (Lipinski definition) is 0. The van der Waals surface area contributed by atoms with Gasteiger partial charge in [-0.25, -0.2) is 0 Å². The summed E-state index contributed by atoms with van der Waals surface area (Å²) >= 11 is 0. The first-order valence-electron chi connectivity index (χ1n) is 15.8. The van der Waals surface area contributed by atoms with Crippen molar-refractivity contribution in [3.63, 3.8) is 0 Å². The molecule has 0 fully saturated rings. The molecule has 2 heterocycles. The number of aryl methyl sites for hydroxylation is 1. The summed E-state index contributed by atoms with van der Waals surface area (Å²) < 4.78 is 4.61. The van der Waals surface area contributed by atoms with Crippen LogP contribution in [0.2, 0.25) is 0 Å². The van der Waals surface area contributed by atoms with Crippen molar-refractivity contribution in [2.45, 2.75) is 13.8 Å². The van der Waals surface area contributed by atoms with E-state index in [0.717, 1.165) is 66.6 Å². The van der Waals surface area contributed by atoms with Gasteiger partial charge in [-0.1, -0.05) is 73.3 Å². The smallest absolute Gasteiger partial charge is 0.0991 e. The summed E-state index contributed by atoms with van der Waals surface area (Å²) in [7, 11) is 0. The fourth-order valence-electron chi connectivity index (χ4n) is 6.97. The molecule has 226 valence electrons. The van der Waals surface area contributed by atoms with Gasteiger partial charge >= 0.3 is 0 Å². The van der Waals surface area contributed by atoms with Gasteiger partial charge in [0, 0.05) is 44.1 Å². The number of aliphatic imine (C=N–C) groups is 1. The molecule has 5 nitrogen and oxygen atoms in total. The van der Waals surface area contributed by atoms with Crippen molar-refractivity contribution in [1.82, 2.24) is 9.13 Å². The lowest BCUT2D eigenvalue weighted by atomic mass is 10.0. The molecule has 6 aromatic carbocycles. The molecule has 0 spiro atoms. The largest absolute Gasteiger partial charge is 0.309 e. The van der Waals surface area contributed by atoms with E-state index in [1.54, 1.807) is 6.07 Å². The van der Waals surface area contributed by atoms with Crippen molar-refractivity contribution in [2.75, 3.05) is 0 Å². The predicted octanol–water partition coefficient (Wildman–Crippen LogP) is 10.4. The number of nitriles is 2. The molecule has 0 aliphatic heterocycles. The highest BCUT2D eigenvalue weighted by Crippen LogP contribution is 2.37. The average molecular weight is 616 g/mol. The summed E-state index contributed by atoms with van der Waals surface area (Å²) in [5, 5.41) is 24.1. The van der Waals surface area contributed by atoms with E-state index in [9.17, 15) is 10.5 Å². The molecule has 0 atom stereocenters. The van der Waals surface area contributed by atoms with E-state index in [-0.39, 0.29) is 0 Å². The third-order valence-electron chi connectivity index (χ3n) is 9.23. The highest BCUT2D eigenvalue weighted by Gasteiger charge is 2.19. The maximum Gasteiger partial charge on any atom is 0.0991 e. The zero-order chi connectivity index (χ0) is 32.9. The summed E-state index contributed by atoms with van der Waals surface area (Å²) in [6, 6.07) is 48.0. The third kappa shape index (κ3) is 4.49. The van der Waals surface area contributed by atoms with Gasteiger partial charge in [0.2, 0.25) is 0 Å². The summed E-state index contributed by atoms with van der Waals surface area (Å²) in [5.41, 5.74) is 11.4. The van der Waals surface area contributed by atoms with Crippen molar-refractivity contribution in [1.29, 1.82) is 10.5 Å². The Kier molecular flexibility index (Phi) is 6.76. The Balaban J connectivity index is 1.38. The Bertz CT molecular complexity index is 2690. The van der Waals surface area contributed by atoms with E-state index < -0.39 is 0 Å². The van der Waals surface area contributed by atoms with Crippen LogP contribution in [0.15, 0.2) is 139 Å². The van der Waals surface area contributed by atoms with E-state index in [1.807, 2.05) is 44.2 Å². The molecule has 0 radical (unpaired) electrons. The topological polar surface area (TPSA) is 69.8 Å². The van der Waals surface area contributed by atoms with Crippen LogP contribution in [0.5, 0.6) is 0 Å². The van der Waals surface area contributed by atoms with Crippen molar-refractivity contribution >= 4 is 55.0 Å². The van der Waals surface area contributed by atoms with Gasteiger partial charge in [-0.15, -0.1) is 0 Å². The average Bonchev–Trinajstić information content (AvgIpc) is 3.64. The monoisotopic (exact) mass is 615 g/mol. The first-order valence-corrected chi connectivity index (χ1v) is 15.8. The first kappa shape index (κ1) is 28.8. The van der Waals surface area contributed by atoms with Crippen LogP contribution in [0, 0.1) is 29.6 Å². The van der Waals surface area contributed by atoms with Crippen LogP contribution in [-0.4, -0.2) is 14.8 Å². The van der Waals surface area contributed by atoms with E-state index in [0.29, 0.717) is 16.8 Å². The fourth-order valence-corrected chi connectivity index (χ4v) is 6.97. The quantitative estimate of drug-likeness (QED) is 0.181. The summed E-state index contributed by atoms with van der Waals surface area (Å²) in [6.45, 7) is 8.22. The van der Waals surface area contributed by atoms with Crippen molar-refractivity contribution in [3.05, 3.63) is 162 Å². The fraction of sp³-hybridized carbons (Fsp3) is 0.0465. The van der Waals surface area contributed by atoms with Crippen LogP contribution in [0.4, 0.5) is 0 Å². The Labute approximate surface area is 278 Å². The lowest BCUT2D eigenvalue weighted by molar-refractivity contribution is 1.15. The summed E-state index contributed by atoms with van der Waals surface area (Å²) in [6.07, 6.45) is 0. The van der Waals surface area contributed by atoms with Crippen LogP contribution in [-0.2, 0) is 0 Å². The molecule has 2 aromatic heterocycles. The van der Waals surface area contributed by atoms with E-state index in [1.165, 1.54) is 10.8 Å². The van der Waals surface area contributed by atoms with Gasteiger partial charge in [-0.05, 0) is 80.1 Å². The molecule has 0 N–H and O–H groups in total. The molecule has 0 amide bonds. The zero-order valence-electron chi connectivity index (χ0n) is 26.6. The minimum atomic E-state index is 0.545. The number of nitrogens with zero attached hydrogens (tertiary/aromatic N) is 5. The Morgan fingerprint density at radius 3 is 1.71 bits per heavy atom. The lowest BCUT2D eigenvalue weighted by Gasteiger charge is -2.16. The predicted molar refractivity (Wildman–Crippen MR) is 197 cm³/mol. The van der Waals surface area contributed by atoms with Gasteiger partial charge in [0.1, 0.15) is 0 Å². The van der Waals surface area contributed by atoms with E-state index in [2.05, 4.69) is 119 Å². The van der Waals surface area contributed by atoms with Crippen molar-refractivity contribution < 1.29 is 0 Å². The molecule has 48 heavy (non-hydrogen) atoms. The highest BCUT2D eigenvalue weighted by atomic mass is 15.0. The standard InChI is InChI=1S/C43H29N5/c1-27-16-17-30(25-44)22-37(27)28(2)46-29(3)38-23-31(26-45)18-21-42(38)48-41-15-9-6-12-35(41)36-20-19-32(24-43(36)48)47-39-13-7-4-10-33(39)34-11-5-8-14-40(34)47/h4-24H,2H2,1,3H3/b46-29+. The normalized spacial score (nSPS) is 11.7. The molecule has 0 unspecified atom stereocenters. The molecule has 0 saturated heterocycles. The molecule has 0 saturated carbocycles. The molecule has 8 rings (SSSR count). The second kappa shape index (κ2) is 11.3. The van der Waals surface area contributed by atoms with Crippen LogP contribution >= 0.6 is 0 Å². The van der Waals surface area contributed by atoms with E-state index in [4.69, 9.17) is 4.99 Å². The van der Waals surface area contributed by atoms with Crippen LogP contribution in [0.3, 0.4) is 0 Å². The van der Waals surface area contributed by atoms with Crippen LogP contribution in [0.25, 0.3) is 60.7 Å². The van der Waals surface area contributed by atoms with Gasteiger partial charge in [0.25, 0.3) is 0 Å². The van der Waals surface area contributed by atoms with Crippen LogP contribution < -0.4 is 0 Å². The summed E-state index contributed by atoms with van der Waals surface area (Å²) in [4.78, 5) is 4.97. The Hall–Kier alpha value is -6.69. The first-order chi connectivity index (χ1) is 23.5. The van der Waals surface area contributed by atoms with Gasteiger partial charge in [-0.3, -0.25) is 4.99 Å². The number of fused-ring (bicyclic) bond motifs is 6. The maximum atomic E-state index is 9.93. The van der Waals surface area contributed by atoms with Crippen LogP contribution in [0.1, 0.15) is 34.7 Å². The molecular weight excluding hydrogens is 587 g/mol. The molecule has 0 aliphatic rings. The number of aromatic nitrogens is 2. The number of para-hydroxylation sites is 3. The zero-order valence-corrected chi connectivity index (χ0v) is 26.6. The van der Waals surface area contributed by atoms with Gasteiger partial charge in [0.15, 0.2) is 0 Å². The molecule has 0 bridgehead atoms. The van der Waals surface area contributed by atoms with Crippen molar-refractivity contribution in [2.24, 2.45) is 4.99 Å². The van der Waals surface area contributed by atoms with Gasteiger partial charge in [0.05, 0.1) is 56.7 Å². The van der Waals surface area contributed by atoms with Gasteiger partial charge in [-0.2, -0.15) is 10.5 Å². The minimum Gasteiger partial charge on any atom is -0.309 e. The molecule has 0 aliphatic carbocycles. The second-order valence-corrected chi connectivity index (χ2v) is 12.1. The lowest BCUT2D eigenvalue weighted by Crippen LogP contribution is -2.06. The molecule has 5 heteroatoms. The minimum absolute atomic E-state index is 0.545. The Morgan fingerprint density at radius 2 is 1.10 bits per heavy atom. The van der Waals surface area contributed by atoms with Gasteiger partial charge < -0.3 is 9.13 Å². The van der Waals surface area contributed by atoms with E-state index >= 15 is 0 Å².